The molecule has 1 atom stereocenters. The number of unbranched alkanes of at least 4 members (excludes halogenated alkanes) is 1. The summed E-state index contributed by atoms with van der Waals surface area (Å²) in [5, 5.41) is 9.32. The first-order valence-electron chi connectivity index (χ1n) is 11.6. The van der Waals surface area contributed by atoms with Gasteiger partial charge in [0, 0.05) is 29.6 Å². The second kappa shape index (κ2) is 9.38. The predicted octanol–water partition coefficient (Wildman–Crippen LogP) is 5.10. The third-order valence-electron chi connectivity index (χ3n) is 6.23. The van der Waals surface area contributed by atoms with E-state index in [0.717, 1.165) is 36.2 Å². The topological polar surface area (TPSA) is 79.6 Å². The quantitative estimate of drug-likeness (QED) is 0.405. The average Bonchev–Trinajstić information content (AvgIpc) is 3.53. The number of fused-ring (bicyclic) bond motifs is 1. The van der Waals surface area contributed by atoms with Crippen molar-refractivity contribution >= 4 is 39.7 Å². The highest BCUT2D eigenvalue weighted by Gasteiger charge is 2.35. The molecule has 7 nitrogen and oxygen atoms in total. The molecule has 0 radical (unpaired) electrons. The molecule has 8 heteroatoms. The van der Waals surface area contributed by atoms with Crippen LogP contribution < -0.4 is 10.2 Å². The normalized spacial score (nSPS) is 15.9. The van der Waals surface area contributed by atoms with E-state index in [4.69, 9.17) is 0 Å². The molecule has 0 spiro atoms. The molecular formula is C26H27N5O2S. The molecule has 0 aliphatic carbocycles. The molecule has 5 rings (SSSR count). The molecule has 0 bridgehead atoms. The first kappa shape index (κ1) is 22.3. The van der Waals surface area contributed by atoms with Crippen molar-refractivity contribution in [2.45, 2.75) is 39.5 Å². The molecule has 2 aromatic heterocycles. The summed E-state index contributed by atoms with van der Waals surface area (Å²) in [6, 6.07) is 16.3. The van der Waals surface area contributed by atoms with Crippen molar-refractivity contribution in [3.05, 3.63) is 65.0 Å². The highest BCUT2D eigenvalue weighted by molar-refractivity contribution is 7.15. The standard InChI is InChI=1S/C26H27N5O2S/c1-3-4-5-18-8-12-21(13-9-18)30-15-20(14-23(30)32)24(33)27-25-28-26-31(29-25)22(16-34-26)19-10-6-17(2)7-11-19/h6-13,16,20H,3-5,14-15H2,1-2H3,(H,27,29,33). The van der Waals surface area contributed by atoms with Crippen molar-refractivity contribution < 1.29 is 9.59 Å². The Morgan fingerprint density at radius 1 is 1.15 bits per heavy atom. The Hall–Kier alpha value is -3.52. The highest BCUT2D eigenvalue weighted by atomic mass is 32.1. The molecule has 174 valence electrons. The summed E-state index contributed by atoms with van der Waals surface area (Å²) >= 11 is 1.47. The van der Waals surface area contributed by atoms with Crippen LogP contribution in [0.5, 0.6) is 0 Å². The lowest BCUT2D eigenvalue weighted by Crippen LogP contribution is -2.28. The fourth-order valence-electron chi connectivity index (χ4n) is 4.23. The van der Waals surface area contributed by atoms with E-state index in [-0.39, 0.29) is 24.2 Å². The first-order chi connectivity index (χ1) is 16.5. The van der Waals surface area contributed by atoms with Crippen LogP contribution in [-0.2, 0) is 16.0 Å². The maximum atomic E-state index is 12.9. The van der Waals surface area contributed by atoms with E-state index in [2.05, 4.69) is 46.6 Å². The van der Waals surface area contributed by atoms with Gasteiger partial charge in [-0.25, -0.2) is 4.52 Å². The summed E-state index contributed by atoms with van der Waals surface area (Å²) in [5.74, 6) is -0.450. The van der Waals surface area contributed by atoms with Crippen molar-refractivity contribution in [2.75, 3.05) is 16.8 Å². The smallest absolute Gasteiger partial charge is 0.250 e. The number of amides is 2. The van der Waals surface area contributed by atoms with Crippen LogP contribution in [0.3, 0.4) is 0 Å². The van der Waals surface area contributed by atoms with Gasteiger partial charge in [-0.1, -0.05) is 55.3 Å². The molecule has 1 aliphatic rings. The molecular weight excluding hydrogens is 446 g/mol. The van der Waals surface area contributed by atoms with E-state index < -0.39 is 5.92 Å². The molecule has 0 saturated carbocycles. The van der Waals surface area contributed by atoms with Crippen molar-refractivity contribution in [2.24, 2.45) is 5.92 Å². The Bertz CT molecular complexity index is 1320. The summed E-state index contributed by atoms with van der Waals surface area (Å²) in [5.41, 5.74) is 5.26. The van der Waals surface area contributed by atoms with Gasteiger partial charge >= 0.3 is 0 Å². The lowest BCUT2D eigenvalue weighted by molar-refractivity contribution is -0.122. The van der Waals surface area contributed by atoms with Crippen LogP contribution in [0, 0.1) is 12.8 Å². The van der Waals surface area contributed by atoms with Crippen molar-refractivity contribution in [1.82, 2.24) is 14.6 Å². The van der Waals surface area contributed by atoms with Crippen LogP contribution in [0.1, 0.15) is 37.3 Å². The van der Waals surface area contributed by atoms with Gasteiger partial charge in [0.1, 0.15) is 0 Å². The van der Waals surface area contributed by atoms with Gasteiger partial charge in [0.25, 0.3) is 0 Å². The van der Waals surface area contributed by atoms with Gasteiger partial charge in [-0.2, -0.15) is 4.98 Å². The summed E-state index contributed by atoms with van der Waals surface area (Å²) in [7, 11) is 0. The van der Waals surface area contributed by atoms with Crippen molar-refractivity contribution in [3.63, 3.8) is 0 Å². The second-order valence-electron chi connectivity index (χ2n) is 8.78. The fourth-order valence-corrected chi connectivity index (χ4v) is 5.06. The number of hydrogen-bond donors (Lipinski definition) is 1. The maximum absolute atomic E-state index is 12.9. The SMILES string of the molecule is CCCCc1ccc(N2CC(C(=O)Nc3nc4scc(-c5ccc(C)cc5)n4n3)CC2=O)cc1. The van der Waals surface area contributed by atoms with E-state index in [1.165, 1.54) is 22.5 Å². The fraction of sp³-hybridized carbons (Fsp3) is 0.308. The first-order valence-corrected chi connectivity index (χ1v) is 12.5. The molecule has 3 heterocycles. The minimum Gasteiger partial charge on any atom is -0.312 e. The summed E-state index contributed by atoms with van der Waals surface area (Å²) < 4.78 is 1.75. The number of nitrogens with one attached hydrogen (secondary N) is 1. The van der Waals surface area contributed by atoms with Crippen LogP contribution in [0.25, 0.3) is 16.2 Å². The summed E-state index contributed by atoms with van der Waals surface area (Å²) in [6.45, 7) is 4.58. The summed E-state index contributed by atoms with van der Waals surface area (Å²) in [4.78, 5) is 32.4. The number of anilines is 2. The van der Waals surface area contributed by atoms with Crippen LogP contribution in [0.2, 0.25) is 0 Å². The molecule has 2 amide bonds. The average molecular weight is 474 g/mol. The number of aromatic nitrogens is 3. The molecule has 4 aromatic rings. The molecule has 1 aliphatic heterocycles. The van der Waals surface area contributed by atoms with Crippen LogP contribution >= 0.6 is 11.3 Å². The van der Waals surface area contributed by atoms with Gasteiger partial charge in [0.15, 0.2) is 0 Å². The lowest BCUT2D eigenvalue weighted by Gasteiger charge is -2.17. The third-order valence-corrected chi connectivity index (χ3v) is 7.04. The Balaban J connectivity index is 1.26. The Labute approximate surface area is 202 Å². The minimum absolute atomic E-state index is 0.0399. The Kier molecular flexibility index (Phi) is 6.15. The monoisotopic (exact) mass is 473 g/mol. The number of aryl methyl sites for hydroxylation is 2. The van der Waals surface area contributed by atoms with Crippen LogP contribution in [-0.4, -0.2) is 33.0 Å². The number of rotatable bonds is 7. The number of benzene rings is 2. The minimum atomic E-state index is -0.439. The zero-order valence-electron chi connectivity index (χ0n) is 19.3. The highest BCUT2D eigenvalue weighted by Crippen LogP contribution is 2.28. The van der Waals surface area contributed by atoms with E-state index in [0.29, 0.717) is 11.5 Å². The van der Waals surface area contributed by atoms with Crippen LogP contribution in [0.4, 0.5) is 11.6 Å². The van der Waals surface area contributed by atoms with Crippen molar-refractivity contribution in [1.29, 1.82) is 0 Å². The number of hydrogen-bond acceptors (Lipinski definition) is 5. The van der Waals surface area contributed by atoms with Gasteiger partial charge in [-0.15, -0.1) is 16.4 Å². The lowest BCUT2D eigenvalue weighted by atomic mass is 10.1. The molecule has 1 saturated heterocycles. The molecule has 1 N–H and O–H groups in total. The molecule has 1 unspecified atom stereocenters. The Morgan fingerprint density at radius 3 is 2.65 bits per heavy atom. The zero-order chi connectivity index (χ0) is 23.7. The van der Waals surface area contributed by atoms with Gasteiger partial charge in [-0.05, 0) is 37.5 Å². The van der Waals surface area contributed by atoms with Gasteiger partial charge in [0.05, 0.1) is 11.6 Å². The van der Waals surface area contributed by atoms with E-state index in [1.54, 1.807) is 9.42 Å². The molecule has 2 aromatic carbocycles. The molecule has 34 heavy (non-hydrogen) atoms. The third kappa shape index (κ3) is 4.46. The predicted molar refractivity (Wildman–Crippen MR) is 135 cm³/mol. The number of thiazole rings is 1. The number of carbonyl (C=O) groups is 2. The largest absolute Gasteiger partial charge is 0.312 e. The van der Waals surface area contributed by atoms with Gasteiger partial charge in [0.2, 0.25) is 22.7 Å². The van der Waals surface area contributed by atoms with Gasteiger partial charge in [-0.3, -0.25) is 14.9 Å². The summed E-state index contributed by atoms with van der Waals surface area (Å²) in [6.07, 6.45) is 3.52. The molecule has 1 fully saturated rings. The van der Waals surface area contributed by atoms with Gasteiger partial charge < -0.3 is 4.90 Å². The number of nitrogens with zero attached hydrogens (tertiary/aromatic N) is 4. The Morgan fingerprint density at radius 2 is 1.91 bits per heavy atom. The number of carbonyl (C=O) groups excluding carboxylic acids is 2. The van der Waals surface area contributed by atoms with E-state index in [9.17, 15) is 9.59 Å². The zero-order valence-corrected chi connectivity index (χ0v) is 20.1. The van der Waals surface area contributed by atoms with Crippen molar-refractivity contribution in [3.8, 4) is 11.3 Å². The van der Waals surface area contributed by atoms with Crippen LogP contribution in [0.15, 0.2) is 53.9 Å². The van der Waals surface area contributed by atoms with E-state index in [1.807, 2.05) is 36.6 Å². The second-order valence-corrected chi connectivity index (χ2v) is 9.62. The maximum Gasteiger partial charge on any atom is 0.250 e. The van der Waals surface area contributed by atoms with E-state index >= 15 is 0 Å².